The van der Waals surface area contributed by atoms with E-state index in [0.717, 1.165) is 16.6 Å². The predicted molar refractivity (Wildman–Crippen MR) is 78.2 cm³/mol. The van der Waals surface area contributed by atoms with Crippen LogP contribution in [0.5, 0.6) is 0 Å². The lowest BCUT2D eigenvalue weighted by molar-refractivity contribution is 0.0945. The van der Waals surface area contributed by atoms with Crippen LogP contribution in [0.25, 0.3) is 10.9 Å². The molecule has 20 heavy (non-hydrogen) atoms. The highest BCUT2D eigenvalue weighted by atomic mass is 16.1. The summed E-state index contributed by atoms with van der Waals surface area (Å²) in [5.74, 6) is -0.171. The molecule has 1 aromatic heterocycles. The zero-order valence-corrected chi connectivity index (χ0v) is 11.9. The molecular weight excluding hydrogens is 250 g/mol. The Hall–Kier alpha value is -2.41. The number of amides is 1. The van der Waals surface area contributed by atoms with Gasteiger partial charge in [0.2, 0.25) is 0 Å². The van der Waals surface area contributed by atoms with Gasteiger partial charge in [0.05, 0.1) is 22.6 Å². The minimum absolute atomic E-state index is 0.171. The topological polar surface area (TPSA) is 65.8 Å². The molecule has 0 aliphatic rings. The van der Waals surface area contributed by atoms with E-state index in [1.165, 1.54) is 0 Å². The Morgan fingerprint density at radius 3 is 2.80 bits per heavy atom. The van der Waals surface area contributed by atoms with Gasteiger partial charge in [-0.15, -0.1) is 0 Å². The Balaban J connectivity index is 2.33. The minimum atomic E-state index is -0.576. The van der Waals surface area contributed by atoms with Crippen LogP contribution in [0.1, 0.15) is 29.9 Å². The van der Waals surface area contributed by atoms with Gasteiger partial charge in [0.25, 0.3) is 5.91 Å². The van der Waals surface area contributed by atoms with Gasteiger partial charge in [0, 0.05) is 17.6 Å². The number of aryl methyl sites for hydroxylation is 1. The maximum absolute atomic E-state index is 12.3. The summed E-state index contributed by atoms with van der Waals surface area (Å²) >= 11 is 0. The van der Waals surface area contributed by atoms with E-state index in [0.29, 0.717) is 12.1 Å². The molecule has 4 nitrogen and oxygen atoms in total. The Kier molecular flexibility index (Phi) is 3.71. The zero-order valence-electron chi connectivity index (χ0n) is 11.9. The average Bonchev–Trinajstić information content (AvgIpc) is 2.44. The molecule has 1 N–H and O–H groups in total. The second-order valence-corrected chi connectivity index (χ2v) is 5.51. The van der Waals surface area contributed by atoms with Crippen molar-refractivity contribution in [3.8, 4) is 6.07 Å². The molecule has 0 atom stereocenters. The number of nitrogens with one attached hydrogen (secondary N) is 1. The van der Waals surface area contributed by atoms with Crippen molar-refractivity contribution in [2.75, 3.05) is 6.54 Å². The monoisotopic (exact) mass is 267 g/mol. The molecule has 0 saturated carbocycles. The Morgan fingerprint density at radius 1 is 1.40 bits per heavy atom. The molecule has 0 radical (unpaired) electrons. The second-order valence-electron chi connectivity index (χ2n) is 5.51. The summed E-state index contributed by atoms with van der Waals surface area (Å²) in [5.41, 5.74) is 1.63. The fourth-order valence-corrected chi connectivity index (χ4v) is 1.93. The van der Waals surface area contributed by atoms with Crippen LogP contribution < -0.4 is 5.32 Å². The van der Waals surface area contributed by atoms with Crippen LogP contribution in [-0.4, -0.2) is 17.4 Å². The van der Waals surface area contributed by atoms with Crippen LogP contribution in [0.3, 0.4) is 0 Å². The highest BCUT2D eigenvalue weighted by Gasteiger charge is 2.19. The zero-order chi connectivity index (χ0) is 14.8. The van der Waals surface area contributed by atoms with Gasteiger partial charge in [-0.1, -0.05) is 18.2 Å². The average molecular weight is 267 g/mol. The van der Waals surface area contributed by atoms with Gasteiger partial charge in [-0.05, 0) is 32.9 Å². The number of rotatable bonds is 3. The van der Waals surface area contributed by atoms with Gasteiger partial charge in [0.1, 0.15) is 0 Å². The summed E-state index contributed by atoms with van der Waals surface area (Å²) in [6.07, 6.45) is 0. The maximum Gasteiger partial charge on any atom is 0.252 e. The van der Waals surface area contributed by atoms with E-state index < -0.39 is 5.41 Å². The Labute approximate surface area is 118 Å². The summed E-state index contributed by atoms with van der Waals surface area (Å²) in [7, 11) is 0. The van der Waals surface area contributed by atoms with Crippen LogP contribution in [0.15, 0.2) is 30.3 Å². The van der Waals surface area contributed by atoms with E-state index in [-0.39, 0.29) is 5.91 Å². The highest BCUT2D eigenvalue weighted by molar-refractivity contribution is 6.06. The predicted octanol–water partition coefficient (Wildman–Crippen LogP) is 2.82. The molecular formula is C16H17N3O. The Morgan fingerprint density at radius 2 is 2.10 bits per heavy atom. The molecule has 2 rings (SSSR count). The number of pyridine rings is 1. The van der Waals surface area contributed by atoms with Crippen molar-refractivity contribution in [1.82, 2.24) is 10.3 Å². The van der Waals surface area contributed by atoms with Crippen LogP contribution in [0.2, 0.25) is 0 Å². The molecule has 0 aliphatic carbocycles. The number of fused-ring (bicyclic) bond motifs is 1. The molecule has 1 amide bonds. The molecule has 0 aliphatic heterocycles. The number of hydrogen-bond donors (Lipinski definition) is 1. The van der Waals surface area contributed by atoms with E-state index >= 15 is 0 Å². The van der Waals surface area contributed by atoms with Crippen LogP contribution >= 0.6 is 0 Å². The molecule has 0 saturated heterocycles. The van der Waals surface area contributed by atoms with Gasteiger partial charge in [-0.2, -0.15) is 5.26 Å². The molecule has 0 unspecified atom stereocenters. The third-order valence-corrected chi connectivity index (χ3v) is 3.08. The van der Waals surface area contributed by atoms with E-state index in [1.54, 1.807) is 19.9 Å². The third-order valence-electron chi connectivity index (χ3n) is 3.08. The summed E-state index contributed by atoms with van der Waals surface area (Å²) in [6.45, 7) is 5.77. The molecule has 2 aromatic rings. The first-order chi connectivity index (χ1) is 9.43. The molecule has 0 fully saturated rings. The van der Waals surface area contributed by atoms with Crippen molar-refractivity contribution in [3.05, 3.63) is 41.6 Å². The van der Waals surface area contributed by atoms with Crippen molar-refractivity contribution < 1.29 is 4.79 Å². The number of carbonyl (C=O) groups is 1. The molecule has 1 heterocycles. The first-order valence-electron chi connectivity index (χ1n) is 6.49. The van der Waals surface area contributed by atoms with Gasteiger partial charge in [-0.3, -0.25) is 9.78 Å². The van der Waals surface area contributed by atoms with E-state index in [1.807, 2.05) is 31.2 Å². The first-order valence-corrected chi connectivity index (χ1v) is 6.49. The highest BCUT2D eigenvalue weighted by Crippen LogP contribution is 2.18. The number of nitriles is 1. The molecule has 102 valence electrons. The number of nitrogens with zero attached hydrogens (tertiary/aromatic N) is 2. The Bertz CT molecular complexity index is 698. The standard InChI is InChI=1S/C16H17N3O/c1-11-8-13(12-6-4-5-7-14(12)19-11)15(20)18-10-16(2,3)9-17/h4-8H,10H2,1-3H3,(H,18,20). The van der Waals surface area contributed by atoms with Crippen LogP contribution in [0.4, 0.5) is 0 Å². The van der Waals surface area contributed by atoms with E-state index in [9.17, 15) is 4.79 Å². The van der Waals surface area contributed by atoms with E-state index in [2.05, 4.69) is 16.4 Å². The van der Waals surface area contributed by atoms with Crippen molar-refractivity contribution in [2.45, 2.75) is 20.8 Å². The fraction of sp³-hybridized carbons (Fsp3) is 0.312. The fourth-order valence-electron chi connectivity index (χ4n) is 1.93. The molecule has 4 heteroatoms. The number of aromatic nitrogens is 1. The van der Waals surface area contributed by atoms with Gasteiger partial charge >= 0.3 is 0 Å². The lowest BCUT2D eigenvalue weighted by atomic mass is 9.96. The van der Waals surface area contributed by atoms with Gasteiger partial charge in [0.15, 0.2) is 0 Å². The van der Waals surface area contributed by atoms with Crippen molar-refractivity contribution in [2.24, 2.45) is 5.41 Å². The number of carbonyl (C=O) groups excluding carboxylic acids is 1. The summed E-state index contributed by atoms with van der Waals surface area (Å²) in [4.78, 5) is 16.7. The largest absolute Gasteiger partial charge is 0.350 e. The second kappa shape index (κ2) is 5.30. The van der Waals surface area contributed by atoms with Crippen LogP contribution in [0, 0.1) is 23.7 Å². The van der Waals surface area contributed by atoms with Crippen molar-refractivity contribution in [1.29, 1.82) is 5.26 Å². The quantitative estimate of drug-likeness (QED) is 0.929. The normalized spacial score (nSPS) is 11.1. The minimum Gasteiger partial charge on any atom is -0.350 e. The summed E-state index contributed by atoms with van der Waals surface area (Å²) in [5, 5.41) is 12.6. The lowest BCUT2D eigenvalue weighted by Gasteiger charge is -2.16. The number of para-hydroxylation sites is 1. The van der Waals surface area contributed by atoms with E-state index in [4.69, 9.17) is 5.26 Å². The lowest BCUT2D eigenvalue weighted by Crippen LogP contribution is -2.33. The van der Waals surface area contributed by atoms with Crippen LogP contribution in [-0.2, 0) is 0 Å². The number of hydrogen-bond acceptors (Lipinski definition) is 3. The maximum atomic E-state index is 12.3. The SMILES string of the molecule is Cc1cc(C(=O)NCC(C)(C)C#N)c2ccccc2n1. The van der Waals surface area contributed by atoms with Gasteiger partial charge in [-0.25, -0.2) is 0 Å². The molecule has 0 spiro atoms. The van der Waals surface area contributed by atoms with Crippen molar-refractivity contribution >= 4 is 16.8 Å². The molecule has 0 bridgehead atoms. The van der Waals surface area contributed by atoms with Gasteiger partial charge < -0.3 is 5.32 Å². The number of benzene rings is 1. The summed E-state index contributed by atoms with van der Waals surface area (Å²) < 4.78 is 0. The summed E-state index contributed by atoms with van der Waals surface area (Å²) in [6, 6.07) is 11.5. The van der Waals surface area contributed by atoms with Crippen molar-refractivity contribution in [3.63, 3.8) is 0 Å². The third kappa shape index (κ3) is 2.94. The smallest absolute Gasteiger partial charge is 0.252 e. The first kappa shape index (κ1) is 14.0. The molecule has 1 aromatic carbocycles.